The molecule has 0 heterocycles. The van der Waals surface area contributed by atoms with E-state index in [-0.39, 0.29) is 6.61 Å². The van der Waals surface area contributed by atoms with Gasteiger partial charge < -0.3 is 10.2 Å². The lowest BCUT2D eigenvalue weighted by Crippen LogP contribution is -2.32. The molecule has 0 spiro atoms. The van der Waals surface area contributed by atoms with Gasteiger partial charge in [-0.25, -0.2) is 0 Å². The Morgan fingerprint density at radius 3 is 2.22 bits per heavy atom. The van der Waals surface area contributed by atoms with Crippen molar-refractivity contribution in [3.8, 4) is 0 Å². The van der Waals surface area contributed by atoms with Gasteiger partial charge in [0, 0.05) is 10.6 Å². The summed E-state index contributed by atoms with van der Waals surface area (Å²) < 4.78 is 37.1. The number of aliphatic carboxylic acids is 1. The molecule has 1 rings (SSSR count). The molecule has 0 radical (unpaired) electrons. The van der Waals surface area contributed by atoms with Crippen LogP contribution in [0.1, 0.15) is 5.56 Å². The minimum absolute atomic E-state index is 0.148. The molecule has 0 amide bonds. The van der Waals surface area contributed by atoms with Crippen LogP contribution >= 0.6 is 11.8 Å². The molecule has 1 atom stereocenters. The summed E-state index contributed by atoms with van der Waals surface area (Å²) in [6.07, 6.45) is -4.75. The van der Waals surface area contributed by atoms with Crippen molar-refractivity contribution >= 4 is 17.7 Å². The highest BCUT2D eigenvalue weighted by molar-refractivity contribution is 7.99. The number of alkyl halides is 3. The fourth-order valence-corrected chi connectivity index (χ4v) is 2.20. The monoisotopic (exact) mass is 280 g/mol. The third-order valence-electron chi connectivity index (χ3n) is 2.22. The van der Waals surface area contributed by atoms with E-state index in [0.717, 1.165) is 11.8 Å². The van der Waals surface area contributed by atoms with Crippen LogP contribution in [0.2, 0.25) is 0 Å². The predicted molar refractivity (Wildman–Crippen MR) is 60.3 cm³/mol. The van der Waals surface area contributed by atoms with Gasteiger partial charge in [0.05, 0.1) is 6.61 Å². The van der Waals surface area contributed by atoms with Crippen LogP contribution in [-0.2, 0) is 11.4 Å². The number of aliphatic hydroxyl groups is 1. The van der Waals surface area contributed by atoms with Crippen LogP contribution in [0.25, 0.3) is 0 Å². The number of aliphatic hydroxyl groups excluding tert-OH is 1. The second-order valence-corrected chi connectivity index (χ2v) is 4.64. The summed E-state index contributed by atoms with van der Waals surface area (Å²) in [6.45, 7) is -0.148. The molecular weight excluding hydrogens is 269 g/mol. The van der Waals surface area contributed by atoms with Crippen LogP contribution in [0.3, 0.4) is 0 Å². The van der Waals surface area contributed by atoms with Crippen molar-refractivity contribution in [2.24, 2.45) is 5.92 Å². The van der Waals surface area contributed by atoms with Gasteiger partial charge in [-0.15, -0.1) is 11.8 Å². The van der Waals surface area contributed by atoms with Crippen LogP contribution in [0.5, 0.6) is 0 Å². The highest BCUT2D eigenvalue weighted by atomic mass is 32.2. The lowest BCUT2D eigenvalue weighted by atomic mass is 10.2. The summed E-state index contributed by atoms with van der Waals surface area (Å²) in [7, 11) is 0. The van der Waals surface area contributed by atoms with Gasteiger partial charge >= 0.3 is 12.1 Å². The van der Waals surface area contributed by atoms with Crippen molar-refractivity contribution in [1.29, 1.82) is 0 Å². The van der Waals surface area contributed by atoms with Gasteiger partial charge in [0.15, 0.2) is 5.92 Å². The number of rotatable bonds is 5. The van der Waals surface area contributed by atoms with Gasteiger partial charge in [0.2, 0.25) is 0 Å². The number of hydrogen-bond acceptors (Lipinski definition) is 3. The van der Waals surface area contributed by atoms with E-state index in [4.69, 9.17) is 10.2 Å². The quantitative estimate of drug-likeness (QED) is 0.814. The summed E-state index contributed by atoms with van der Waals surface area (Å²) in [5.41, 5.74) is 0.643. The van der Waals surface area contributed by atoms with E-state index in [9.17, 15) is 18.0 Å². The van der Waals surface area contributed by atoms with Gasteiger partial charge in [0.1, 0.15) is 0 Å². The molecule has 2 N–H and O–H groups in total. The molecule has 0 aliphatic rings. The zero-order valence-corrected chi connectivity index (χ0v) is 9.96. The van der Waals surface area contributed by atoms with Gasteiger partial charge in [-0.3, -0.25) is 4.79 Å². The number of hydrogen-bond donors (Lipinski definition) is 2. The molecule has 3 nitrogen and oxygen atoms in total. The molecule has 1 aromatic rings. The standard InChI is InChI=1S/C11H11F3O3S/c12-11(13,14)9(10(16)17)6-18-8-3-1-7(5-15)2-4-8/h1-4,9,15H,5-6H2,(H,16,17). The molecule has 0 saturated heterocycles. The number of carboxylic acid groups (broad SMARTS) is 1. The molecule has 7 heteroatoms. The van der Waals surface area contributed by atoms with Crippen LogP contribution in [-0.4, -0.2) is 28.1 Å². The van der Waals surface area contributed by atoms with Crippen LogP contribution in [0, 0.1) is 5.92 Å². The van der Waals surface area contributed by atoms with Crippen molar-refractivity contribution in [3.05, 3.63) is 29.8 Å². The fraction of sp³-hybridized carbons (Fsp3) is 0.364. The Bertz CT molecular complexity index is 403. The normalized spacial score (nSPS) is 13.3. The number of carboxylic acids is 1. The van der Waals surface area contributed by atoms with Gasteiger partial charge in [-0.05, 0) is 17.7 Å². The van der Waals surface area contributed by atoms with E-state index in [1.807, 2.05) is 0 Å². The van der Waals surface area contributed by atoms with E-state index >= 15 is 0 Å². The number of thioether (sulfide) groups is 1. The molecule has 0 bridgehead atoms. The van der Waals surface area contributed by atoms with E-state index in [0.29, 0.717) is 10.5 Å². The first-order valence-electron chi connectivity index (χ1n) is 4.96. The van der Waals surface area contributed by atoms with Crippen LogP contribution in [0.15, 0.2) is 29.2 Å². The molecule has 1 unspecified atom stereocenters. The molecule has 0 saturated carbocycles. The maximum absolute atomic E-state index is 12.4. The summed E-state index contributed by atoms with van der Waals surface area (Å²) in [6, 6.07) is 6.24. The zero-order valence-electron chi connectivity index (χ0n) is 9.15. The molecule has 0 fully saturated rings. The maximum Gasteiger partial charge on any atom is 0.403 e. The Labute approximate surface area is 106 Å². The topological polar surface area (TPSA) is 57.5 Å². The second kappa shape index (κ2) is 6.10. The summed E-state index contributed by atoms with van der Waals surface area (Å²) >= 11 is 0.820. The molecule has 0 aromatic heterocycles. The summed E-state index contributed by atoms with van der Waals surface area (Å²) in [4.78, 5) is 11.0. The summed E-state index contributed by atoms with van der Waals surface area (Å²) in [5.74, 6) is -4.82. The van der Waals surface area contributed by atoms with Crippen LogP contribution in [0.4, 0.5) is 13.2 Å². The highest BCUT2D eigenvalue weighted by Crippen LogP contribution is 2.32. The maximum atomic E-state index is 12.4. The predicted octanol–water partition coefficient (Wildman–Crippen LogP) is 2.53. The minimum atomic E-state index is -4.75. The lowest BCUT2D eigenvalue weighted by Gasteiger charge is -2.15. The number of halogens is 3. The SMILES string of the molecule is O=C(O)C(CSc1ccc(CO)cc1)C(F)(F)F. The molecule has 100 valence electrons. The van der Waals surface area contributed by atoms with Gasteiger partial charge in [0.25, 0.3) is 0 Å². The van der Waals surface area contributed by atoms with E-state index in [2.05, 4.69) is 0 Å². The first-order valence-corrected chi connectivity index (χ1v) is 5.95. The van der Waals surface area contributed by atoms with E-state index < -0.39 is 23.8 Å². The Hall–Kier alpha value is -1.21. The minimum Gasteiger partial charge on any atom is -0.481 e. The Balaban J connectivity index is 2.64. The van der Waals surface area contributed by atoms with E-state index in [1.165, 1.54) is 0 Å². The summed E-state index contributed by atoms with van der Waals surface area (Å²) in [5, 5.41) is 17.3. The Morgan fingerprint density at radius 1 is 1.28 bits per heavy atom. The third-order valence-corrected chi connectivity index (χ3v) is 3.32. The molecule has 1 aromatic carbocycles. The average molecular weight is 280 g/mol. The van der Waals surface area contributed by atoms with Crippen molar-refractivity contribution < 1.29 is 28.2 Å². The highest BCUT2D eigenvalue weighted by Gasteiger charge is 2.44. The van der Waals surface area contributed by atoms with E-state index in [1.54, 1.807) is 24.3 Å². The lowest BCUT2D eigenvalue weighted by molar-refractivity contribution is -0.188. The molecular formula is C11H11F3O3S. The fourth-order valence-electron chi connectivity index (χ4n) is 1.18. The van der Waals surface area contributed by atoms with Crippen molar-refractivity contribution in [2.75, 3.05) is 5.75 Å². The van der Waals surface area contributed by atoms with Gasteiger partial charge in [-0.2, -0.15) is 13.2 Å². The van der Waals surface area contributed by atoms with Crippen molar-refractivity contribution in [2.45, 2.75) is 17.7 Å². The number of benzene rings is 1. The smallest absolute Gasteiger partial charge is 0.403 e. The van der Waals surface area contributed by atoms with Crippen molar-refractivity contribution in [1.82, 2.24) is 0 Å². The van der Waals surface area contributed by atoms with Crippen molar-refractivity contribution in [3.63, 3.8) is 0 Å². The Morgan fingerprint density at radius 2 is 1.83 bits per heavy atom. The molecule has 0 aliphatic carbocycles. The first kappa shape index (κ1) is 14.8. The molecule has 0 aliphatic heterocycles. The van der Waals surface area contributed by atoms with Gasteiger partial charge in [-0.1, -0.05) is 12.1 Å². The second-order valence-electron chi connectivity index (χ2n) is 3.55. The first-order chi connectivity index (χ1) is 8.34. The Kier molecular flexibility index (Phi) is 5.03. The third kappa shape index (κ3) is 4.23. The largest absolute Gasteiger partial charge is 0.481 e. The molecule has 18 heavy (non-hydrogen) atoms. The average Bonchev–Trinajstić information content (AvgIpc) is 2.28. The zero-order chi connectivity index (χ0) is 13.8. The number of carbonyl (C=O) groups is 1. The van der Waals surface area contributed by atoms with Crippen LogP contribution < -0.4 is 0 Å².